The van der Waals surface area contributed by atoms with Crippen LogP contribution in [0.25, 0.3) is 6.08 Å². The van der Waals surface area contributed by atoms with E-state index in [9.17, 15) is 19.5 Å². The van der Waals surface area contributed by atoms with Gasteiger partial charge >= 0.3 is 0 Å². The largest absolute Gasteiger partial charge is 0.392 e. The van der Waals surface area contributed by atoms with E-state index in [0.29, 0.717) is 19.3 Å². The molecule has 7 atom stereocenters. The number of hydrogen-bond donors (Lipinski definition) is 2. The van der Waals surface area contributed by atoms with Gasteiger partial charge < -0.3 is 15.2 Å². The van der Waals surface area contributed by atoms with Crippen molar-refractivity contribution in [3.8, 4) is 0 Å². The summed E-state index contributed by atoms with van der Waals surface area (Å²) < 4.78 is 6.25. The molecule has 2 aromatic rings. The number of rotatable bonds is 10. The Bertz CT molecular complexity index is 1430. The fraction of sp³-hybridized carbons (Fsp3) is 0.649. The molecule has 2 aliphatic rings. The van der Waals surface area contributed by atoms with Crippen molar-refractivity contribution in [1.29, 1.82) is 0 Å². The fourth-order valence-electron chi connectivity index (χ4n) is 6.84. The number of amides is 1. The van der Waals surface area contributed by atoms with Crippen LogP contribution in [0.4, 0.5) is 0 Å². The maximum atomic E-state index is 14.1. The van der Waals surface area contributed by atoms with Crippen molar-refractivity contribution in [1.82, 2.24) is 15.3 Å². The number of aliphatic hydroxyl groups excluding tert-OH is 1. The number of carbonyl (C=O) groups excluding carboxylic acids is 3. The molecule has 0 radical (unpaired) electrons. The van der Waals surface area contributed by atoms with Crippen LogP contribution in [0.5, 0.6) is 0 Å². The molecular weight excluding hydrogens is 663 g/mol. The molecule has 2 fully saturated rings. The number of hydrogen-bond acceptors (Lipinski definition) is 10. The molecule has 2 N–H and O–H groups in total. The monoisotopic (exact) mass is 715 g/mol. The normalized spacial score (nSPS) is 30.4. The molecule has 4 rings (SSSR count). The zero-order chi connectivity index (χ0) is 35.1. The summed E-state index contributed by atoms with van der Waals surface area (Å²) in [5, 5.41) is 18.4. The second-order valence-electron chi connectivity index (χ2n) is 14.5. The van der Waals surface area contributed by atoms with E-state index in [-0.39, 0.29) is 53.5 Å². The van der Waals surface area contributed by atoms with Gasteiger partial charge in [0.25, 0.3) is 0 Å². The molecule has 2 saturated heterocycles. The van der Waals surface area contributed by atoms with Crippen molar-refractivity contribution in [2.45, 2.75) is 129 Å². The summed E-state index contributed by atoms with van der Waals surface area (Å²) >= 11 is 1.58. The molecule has 11 heteroatoms. The van der Waals surface area contributed by atoms with Crippen LogP contribution in [0.1, 0.15) is 104 Å². The first-order chi connectivity index (χ1) is 22.7. The molecule has 2 aromatic heterocycles. The first-order valence-corrected chi connectivity index (χ1v) is 20.4. The molecular formula is C37H53N3O5S3. The summed E-state index contributed by atoms with van der Waals surface area (Å²) in [6.07, 6.45) is 7.26. The van der Waals surface area contributed by atoms with E-state index in [1.54, 1.807) is 53.0 Å². The van der Waals surface area contributed by atoms with Gasteiger partial charge in [0, 0.05) is 42.5 Å². The van der Waals surface area contributed by atoms with Gasteiger partial charge in [-0.25, -0.2) is 9.97 Å². The quantitative estimate of drug-likeness (QED) is 0.144. The van der Waals surface area contributed by atoms with Gasteiger partial charge in [0.15, 0.2) is 0 Å². The number of ketones is 2. The van der Waals surface area contributed by atoms with Gasteiger partial charge in [-0.15, -0.1) is 11.3 Å². The minimum absolute atomic E-state index is 0.000484. The summed E-state index contributed by atoms with van der Waals surface area (Å²) in [6, 6.07) is 5.54. The Kier molecular flexibility index (Phi) is 13.9. The smallest absolute Gasteiger partial charge is 0.223 e. The van der Waals surface area contributed by atoms with Crippen molar-refractivity contribution in [2.75, 3.05) is 5.75 Å². The lowest BCUT2D eigenvalue weighted by Crippen LogP contribution is -2.46. The number of nitrogens with zero attached hydrogens (tertiary/aromatic N) is 2. The van der Waals surface area contributed by atoms with E-state index in [2.05, 4.69) is 29.1 Å². The molecule has 4 heterocycles. The highest BCUT2D eigenvalue weighted by Crippen LogP contribution is 2.45. The highest BCUT2D eigenvalue weighted by molar-refractivity contribution is 8.76. The number of epoxide rings is 1. The Balaban J connectivity index is 1.44. The fourth-order valence-corrected chi connectivity index (χ4v) is 9.38. The maximum absolute atomic E-state index is 14.1. The van der Waals surface area contributed by atoms with Gasteiger partial charge in [-0.3, -0.25) is 14.4 Å². The Hall–Kier alpha value is -2.05. The van der Waals surface area contributed by atoms with E-state index in [0.717, 1.165) is 52.7 Å². The predicted molar refractivity (Wildman–Crippen MR) is 197 cm³/mol. The molecule has 1 amide bonds. The van der Waals surface area contributed by atoms with Crippen LogP contribution in [0.3, 0.4) is 0 Å². The number of Topliss-reactive ketones (excluding diaryl/α,β-unsaturated/α-hetero) is 2. The summed E-state index contributed by atoms with van der Waals surface area (Å²) in [4.78, 5) is 49.7. The lowest BCUT2D eigenvalue weighted by atomic mass is 9.68. The molecule has 8 nitrogen and oxygen atoms in total. The summed E-state index contributed by atoms with van der Waals surface area (Å²) in [5.74, 6) is 0.127. The number of carbonyl (C=O) groups is 3. The van der Waals surface area contributed by atoms with E-state index in [4.69, 9.17) is 4.74 Å². The average molecular weight is 716 g/mol. The number of aromatic nitrogens is 2. The summed E-state index contributed by atoms with van der Waals surface area (Å²) in [5.41, 5.74) is 0.385. The van der Waals surface area contributed by atoms with Crippen molar-refractivity contribution in [2.24, 2.45) is 23.2 Å². The van der Waals surface area contributed by atoms with E-state index in [1.165, 1.54) is 0 Å². The van der Waals surface area contributed by atoms with Crippen molar-refractivity contribution >= 4 is 56.5 Å². The zero-order valence-electron chi connectivity index (χ0n) is 29.5. The second kappa shape index (κ2) is 17.2. The number of aryl methyl sites for hydroxylation is 1. The summed E-state index contributed by atoms with van der Waals surface area (Å²) in [7, 11) is 3.31. The predicted octanol–water partition coefficient (Wildman–Crippen LogP) is 7.88. The number of aliphatic hydroxyl groups is 1. The van der Waals surface area contributed by atoms with Gasteiger partial charge in [0.2, 0.25) is 5.91 Å². The van der Waals surface area contributed by atoms with Gasteiger partial charge in [-0.2, -0.15) is 0 Å². The number of thiazole rings is 1. The number of ether oxygens (including phenoxy) is 1. The SMILES string of the molecule is C/C(=C\c1csc(C)n1)[C@@H]1C[C@@H]2O[C@]2(C)CCC[C@H](C)[C@H](CC(=O)CCCSSc2ccccn2)[C@@H](C)C(=O)C(C)(C)[C@@H](O)CC(=O)N1. The lowest BCUT2D eigenvalue weighted by Gasteiger charge is -2.36. The van der Waals surface area contributed by atoms with Crippen molar-refractivity contribution in [3.05, 3.63) is 46.1 Å². The zero-order valence-corrected chi connectivity index (χ0v) is 31.9. The Labute approximate surface area is 298 Å². The highest BCUT2D eigenvalue weighted by atomic mass is 33.1. The third kappa shape index (κ3) is 10.7. The molecule has 48 heavy (non-hydrogen) atoms. The lowest BCUT2D eigenvalue weighted by molar-refractivity contribution is -0.141. The molecule has 0 aromatic carbocycles. The minimum atomic E-state index is -1.17. The van der Waals surface area contributed by atoms with Crippen LogP contribution < -0.4 is 5.32 Å². The Morgan fingerprint density at radius 3 is 2.69 bits per heavy atom. The molecule has 0 saturated carbocycles. The third-order valence-electron chi connectivity index (χ3n) is 10.3. The first-order valence-electron chi connectivity index (χ1n) is 17.2. The molecule has 0 bridgehead atoms. The van der Waals surface area contributed by atoms with E-state index in [1.807, 2.05) is 50.4 Å². The molecule has 2 aliphatic heterocycles. The van der Waals surface area contributed by atoms with Crippen LogP contribution in [-0.2, 0) is 19.1 Å². The standard InChI is InChI=1S/C37H53N3O5S3/c1-23-12-10-15-37(7)32(45-37)20-30(24(2)18-27-22-46-26(4)39-27)40-33(43)21-31(42)36(5,6)35(44)25(3)29(23)19-28(41)13-11-17-47-48-34-14-8-9-16-38-34/h8-9,14,16,18,22-23,25,29-32,42H,10-13,15,17,19-21H2,1-7H3,(H,40,43)/b24-18+/t23-,25+,29-,30-,31-,32-,37+/m0/s1. The minimum Gasteiger partial charge on any atom is -0.392 e. The molecule has 0 aliphatic carbocycles. The average Bonchev–Trinajstić information content (AvgIpc) is 3.48. The number of pyridine rings is 1. The van der Waals surface area contributed by atoms with E-state index >= 15 is 0 Å². The highest BCUT2D eigenvalue weighted by Gasteiger charge is 2.52. The van der Waals surface area contributed by atoms with E-state index < -0.39 is 17.4 Å². The molecule has 0 unspecified atom stereocenters. The van der Waals surface area contributed by atoms with Crippen LogP contribution >= 0.6 is 32.9 Å². The van der Waals surface area contributed by atoms with Gasteiger partial charge in [0.05, 0.1) is 46.4 Å². The van der Waals surface area contributed by atoms with Crippen molar-refractivity contribution < 1.29 is 24.2 Å². The van der Waals surface area contributed by atoms with Crippen molar-refractivity contribution in [3.63, 3.8) is 0 Å². The first kappa shape index (κ1) is 38.7. The number of nitrogens with one attached hydrogen (secondary N) is 1. The van der Waals surface area contributed by atoms with Crippen LogP contribution in [0.15, 0.2) is 40.4 Å². The van der Waals surface area contributed by atoms with Gasteiger partial charge in [-0.1, -0.05) is 57.4 Å². The topological polar surface area (TPSA) is 122 Å². The molecule has 264 valence electrons. The Morgan fingerprint density at radius 2 is 2.00 bits per heavy atom. The van der Waals surface area contributed by atoms with Crippen LogP contribution in [0, 0.1) is 30.1 Å². The van der Waals surface area contributed by atoms with Gasteiger partial charge in [-0.05, 0) is 80.0 Å². The summed E-state index contributed by atoms with van der Waals surface area (Å²) in [6.45, 7) is 13.6. The van der Waals surface area contributed by atoms with Gasteiger partial charge in [0.1, 0.15) is 16.6 Å². The van der Waals surface area contributed by atoms with Crippen LogP contribution in [-0.4, -0.2) is 62.2 Å². The Morgan fingerprint density at radius 1 is 1.23 bits per heavy atom. The second-order valence-corrected chi connectivity index (χ2v) is 18.0. The number of fused-ring (bicyclic) bond motifs is 1. The third-order valence-corrected chi connectivity index (χ3v) is 13.4. The maximum Gasteiger partial charge on any atom is 0.223 e. The molecule has 0 spiro atoms. The van der Waals surface area contributed by atoms with Crippen LogP contribution in [0.2, 0.25) is 0 Å².